The number of aliphatic hydroxyl groups excluding tert-OH is 1. The van der Waals surface area contributed by atoms with E-state index in [2.05, 4.69) is 5.32 Å². The van der Waals surface area contributed by atoms with E-state index >= 15 is 0 Å². The van der Waals surface area contributed by atoms with Crippen LogP contribution in [-0.2, 0) is 0 Å². The molecule has 4 nitrogen and oxygen atoms in total. The fraction of sp³-hybridized carbons (Fsp3) is 0.889. The predicted molar refractivity (Wildman–Crippen MR) is 48.6 cm³/mol. The Morgan fingerprint density at radius 2 is 1.77 bits per heavy atom. The van der Waals surface area contributed by atoms with Crippen LogP contribution in [0.1, 0.15) is 25.7 Å². The summed E-state index contributed by atoms with van der Waals surface area (Å²) in [4.78, 5) is 10.2. The van der Waals surface area contributed by atoms with Gasteiger partial charge >= 0.3 is 6.09 Å². The molecule has 1 fully saturated rings. The van der Waals surface area contributed by atoms with E-state index in [1.807, 2.05) is 0 Å². The fourth-order valence-electron chi connectivity index (χ4n) is 1.85. The second-order valence-corrected chi connectivity index (χ2v) is 3.76. The summed E-state index contributed by atoms with van der Waals surface area (Å²) >= 11 is 0. The number of carboxylic acid groups (broad SMARTS) is 1. The summed E-state index contributed by atoms with van der Waals surface area (Å²) in [5.74, 6) is 0.917. The molecule has 3 N–H and O–H groups in total. The average Bonchev–Trinajstić information content (AvgIpc) is 2.15. The third-order valence-corrected chi connectivity index (χ3v) is 2.77. The zero-order chi connectivity index (χ0) is 9.68. The summed E-state index contributed by atoms with van der Waals surface area (Å²) < 4.78 is 0. The first-order chi connectivity index (χ1) is 6.22. The van der Waals surface area contributed by atoms with Gasteiger partial charge in [-0.1, -0.05) is 0 Å². The molecule has 1 amide bonds. The van der Waals surface area contributed by atoms with Crippen molar-refractivity contribution < 1.29 is 15.0 Å². The van der Waals surface area contributed by atoms with Crippen LogP contribution in [0.15, 0.2) is 0 Å². The largest absolute Gasteiger partial charge is 0.465 e. The molecule has 0 aromatic carbocycles. The van der Waals surface area contributed by atoms with Crippen molar-refractivity contribution in [3.05, 3.63) is 0 Å². The topological polar surface area (TPSA) is 69.6 Å². The van der Waals surface area contributed by atoms with Gasteiger partial charge in [-0.15, -0.1) is 0 Å². The lowest BCUT2D eigenvalue weighted by molar-refractivity contribution is 0.161. The number of aliphatic hydroxyl groups is 1. The molecule has 0 aromatic heterocycles. The van der Waals surface area contributed by atoms with Crippen molar-refractivity contribution in [2.24, 2.45) is 11.8 Å². The molecule has 0 radical (unpaired) electrons. The molecule has 0 aliphatic heterocycles. The van der Waals surface area contributed by atoms with Crippen molar-refractivity contribution in [2.75, 3.05) is 13.2 Å². The number of nitrogens with one attached hydrogen (secondary N) is 1. The van der Waals surface area contributed by atoms with Crippen molar-refractivity contribution in [3.8, 4) is 0 Å². The van der Waals surface area contributed by atoms with Gasteiger partial charge in [-0.2, -0.15) is 0 Å². The maximum Gasteiger partial charge on any atom is 0.404 e. The summed E-state index contributed by atoms with van der Waals surface area (Å²) in [5, 5.41) is 19.7. The van der Waals surface area contributed by atoms with Gasteiger partial charge in [0.15, 0.2) is 0 Å². The van der Waals surface area contributed by atoms with Crippen LogP contribution < -0.4 is 5.32 Å². The zero-order valence-corrected chi connectivity index (χ0v) is 7.70. The molecule has 0 aromatic rings. The molecule has 1 saturated carbocycles. The van der Waals surface area contributed by atoms with Crippen molar-refractivity contribution in [1.82, 2.24) is 5.32 Å². The number of hydrogen-bond acceptors (Lipinski definition) is 2. The first-order valence-corrected chi connectivity index (χ1v) is 4.80. The van der Waals surface area contributed by atoms with Gasteiger partial charge in [0.25, 0.3) is 0 Å². The Labute approximate surface area is 78.0 Å². The SMILES string of the molecule is O=C(O)NC[C@H]1CC[C@@H](CO)CC1. The Balaban J connectivity index is 2.14. The third kappa shape index (κ3) is 3.63. The summed E-state index contributed by atoms with van der Waals surface area (Å²) in [6, 6.07) is 0. The van der Waals surface area contributed by atoms with E-state index in [1.165, 1.54) is 0 Å². The van der Waals surface area contributed by atoms with E-state index in [0.29, 0.717) is 18.4 Å². The lowest BCUT2D eigenvalue weighted by Gasteiger charge is -2.26. The van der Waals surface area contributed by atoms with Crippen molar-refractivity contribution >= 4 is 6.09 Å². The molecule has 0 atom stereocenters. The molecule has 0 spiro atoms. The van der Waals surface area contributed by atoms with Gasteiger partial charge in [0.2, 0.25) is 0 Å². The number of rotatable bonds is 3. The summed E-state index contributed by atoms with van der Waals surface area (Å²) in [6.45, 7) is 0.840. The first kappa shape index (κ1) is 10.3. The molecule has 76 valence electrons. The smallest absolute Gasteiger partial charge is 0.404 e. The van der Waals surface area contributed by atoms with Crippen LogP contribution in [-0.4, -0.2) is 29.5 Å². The van der Waals surface area contributed by atoms with Crippen LogP contribution >= 0.6 is 0 Å². The number of amides is 1. The van der Waals surface area contributed by atoms with Gasteiger partial charge < -0.3 is 15.5 Å². The molecule has 0 saturated heterocycles. The summed E-state index contributed by atoms with van der Waals surface area (Å²) in [5.41, 5.74) is 0. The molecule has 0 unspecified atom stereocenters. The van der Waals surface area contributed by atoms with E-state index in [9.17, 15) is 4.79 Å². The van der Waals surface area contributed by atoms with Crippen molar-refractivity contribution in [1.29, 1.82) is 0 Å². The highest BCUT2D eigenvalue weighted by Crippen LogP contribution is 2.27. The molecular weight excluding hydrogens is 170 g/mol. The quantitative estimate of drug-likeness (QED) is 0.618. The Morgan fingerprint density at radius 3 is 2.23 bits per heavy atom. The summed E-state index contributed by atoms with van der Waals surface area (Å²) in [6.07, 6.45) is 3.19. The fourth-order valence-corrected chi connectivity index (χ4v) is 1.85. The van der Waals surface area contributed by atoms with Crippen molar-refractivity contribution in [2.45, 2.75) is 25.7 Å². The van der Waals surface area contributed by atoms with Crippen LogP contribution in [0.5, 0.6) is 0 Å². The molecule has 13 heavy (non-hydrogen) atoms. The van der Waals surface area contributed by atoms with Gasteiger partial charge in [-0.25, -0.2) is 4.79 Å². The minimum Gasteiger partial charge on any atom is -0.465 e. The van der Waals surface area contributed by atoms with E-state index in [1.54, 1.807) is 0 Å². The van der Waals surface area contributed by atoms with Gasteiger partial charge in [-0.05, 0) is 37.5 Å². The van der Waals surface area contributed by atoms with Crippen LogP contribution in [0.4, 0.5) is 4.79 Å². The first-order valence-electron chi connectivity index (χ1n) is 4.80. The monoisotopic (exact) mass is 187 g/mol. The number of carbonyl (C=O) groups is 1. The molecule has 1 rings (SSSR count). The molecular formula is C9H17NO3. The van der Waals surface area contributed by atoms with E-state index in [0.717, 1.165) is 25.7 Å². The third-order valence-electron chi connectivity index (χ3n) is 2.77. The van der Waals surface area contributed by atoms with Gasteiger partial charge in [0, 0.05) is 13.2 Å². The van der Waals surface area contributed by atoms with Gasteiger partial charge in [0.05, 0.1) is 0 Å². The molecule has 1 aliphatic carbocycles. The van der Waals surface area contributed by atoms with Crippen LogP contribution in [0.25, 0.3) is 0 Å². The second-order valence-electron chi connectivity index (χ2n) is 3.76. The normalized spacial score (nSPS) is 28.4. The highest BCUT2D eigenvalue weighted by atomic mass is 16.4. The molecule has 1 aliphatic rings. The standard InChI is InChI=1S/C9H17NO3/c11-6-8-3-1-7(2-4-8)5-10-9(12)13/h7-8,10-11H,1-6H2,(H,12,13)/t7-,8+. The highest BCUT2D eigenvalue weighted by molar-refractivity contribution is 5.64. The zero-order valence-electron chi connectivity index (χ0n) is 7.70. The Morgan fingerprint density at radius 1 is 1.23 bits per heavy atom. The molecule has 0 heterocycles. The minimum absolute atomic E-state index is 0.277. The average molecular weight is 187 g/mol. The maximum atomic E-state index is 10.2. The Hall–Kier alpha value is -0.770. The molecule has 4 heteroatoms. The predicted octanol–water partition coefficient (Wildman–Crippen LogP) is 1.05. The minimum atomic E-state index is -0.940. The van der Waals surface area contributed by atoms with Crippen LogP contribution in [0, 0.1) is 11.8 Å². The van der Waals surface area contributed by atoms with E-state index in [4.69, 9.17) is 10.2 Å². The lowest BCUT2D eigenvalue weighted by atomic mass is 9.82. The Bertz CT molecular complexity index is 164. The van der Waals surface area contributed by atoms with Crippen LogP contribution in [0.2, 0.25) is 0 Å². The lowest BCUT2D eigenvalue weighted by Crippen LogP contribution is -2.30. The van der Waals surface area contributed by atoms with E-state index < -0.39 is 6.09 Å². The summed E-state index contributed by atoms with van der Waals surface area (Å²) in [7, 11) is 0. The highest BCUT2D eigenvalue weighted by Gasteiger charge is 2.20. The maximum absolute atomic E-state index is 10.2. The second kappa shape index (κ2) is 5.07. The van der Waals surface area contributed by atoms with Crippen LogP contribution in [0.3, 0.4) is 0 Å². The van der Waals surface area contributed by atoms with Gasteiger partial charge in [-0.3, -0.25) is 0 Å². The Kier molecular flexibility index (Phi) is 4.02. The van der Waals surface area contributed by atoms with Crippen molar-refractivity contribution in [3.63, 3.8) is 0 Å². The van der Waals surface area contributed by atoms with Gasteiger partial charge in [0.1, 0.15) is 0 Å². The number of hydrogen-bond donors (Lipinski definition) is 3. The molecule has 0 bridgehead atoms. The van der Waals surface area contributed by atoms with E-state index in [-0.39, 0.29) is 6.61 Å².